The SMILES string of the molecule is C#CC(N=C(N)N1CCSCC1)C(C)C.I. The van der Waals surface area contributed by atoms with Crippen LogP contribution >= 0.6 is 35.7 Å². The number of halogens is 1. The van der Waals surface area contributed by atoms with Gasteiger partial charge in [0, 0.05) is 24.6 Å². The fourth-order valence-electron chi connectivity index (χ4n) is 1.40. The van der Waals surface area contributed by atoms with Crippen LogP contribution in [0.3, 0.4) is 0 Å². The maximum Gasteiger partial charge on any atom is 0.192 e. The Kier molecular flexibility index (Phi) is 8.02. The van der Waals surface area contributed by atoms with Crippen molar-refractivity contribution in [1.82, 2.24) is 4.90 Å². The molecule has 5 heteroatoms. The van der Waals surface area contributed by atoms with Crippen molar-refractivity contribution in [2.45, 2.75) is 19.9 Å². The van der Waals surface area contributed by atoms with Gasteiger partial charge in [-0.25, -0.2) is 4.99 Å². The van der Waals surface area contributed by atoms with Crippen LogP contribution in [-0.4, -0.2) is 41.5 Å². The minimum absolute atomic E-state index is 0. The Morgan fingerprint density at radius 3 is 2.44 bits per heavy atom. The van der Waals surface area contributed by atoms with Crippen LogP contribution < -0.4 is 5.73 Å². The lowest BCUT2D eigenvalue weighted by atomic mass is 10.1. The molecule has 2 N–H and O–H groups in total. The van der Waals surface area contributed by atoms with E-state index in [0.29, 0.717) is 11.9 Å². The largest absolute Gasteiger partial charge is 0.370 e. The Morgan fingerprint density at radius 1 is 1.44 bits per heavy atom. The first-order valence-corrected chi connectivity index (χ1v) is 6.42. The number of hydrogen-bond donors (Lipinski definition) is 1. The first-order chi connectivity index (χ1) is 7.15. The summed E-state index contributed by atoms with van der Waals surface area (Å²) in [4.78, 5) is 6.51. The topological polar surface area (TPSA) is 41.6 Å². The molecule has 0 saturated carbocycles. The zero-order chi connectivity index (χ0) is 11.3. The second kappa shape index (κ2) is 8.07. The lowest BCUT2D eigenvalue weighted by Crippen LogP contribution is -2.43. The lowest BCUT2D eigenvalue weighted by Gasteiger charge is -2.28. The zero-order valence-corrected chi connectivity index (χ0v) is 13.0. The highest BCUT2D eigenvalue weighted by Crippen LogP contribution is 2.10. The average molecular weight is 353 g/mol. The van der Waals surface area contributed by atoms with E-state index in [2.05, 4.69) is 29.7 Å². The summed E-state index contributed by atoms with van der Waals surface area (Å²) in [5.74, 6) is 5.86. The molecule has 16 heavy (non-hydrogen) atoms. The average Bonchev–Trinajstić information content (AvgIpc) is 2.26. The third-order valence-electron chi connectivity index (χ3n) is 2.41. The van der Waals surface area contributed by atoms with E-state index in [1.54, 1.807) is 0 Å². The summed E-state index contributed by atoms with van der Waals surface area (Å²) < 4.78 is 0. The minimum Gasteiger partial charge on any atom is -0.370 e. The summed E-state index contributed by atoms with van der Waals surface area (Å²) in [6, 6.07) is -0.0976. The summed E-state index contributed by atoms with van der Waals surface area (Å²) >= 11 is 1.95. The van der Waals surface area contributed by atoms with E-state index in [1.165, 1.54) is 0 Å². The quantitative estimate of drug-likeness (QED) is 0.355. The number of nitrogens with two attached hydrogens (primary N) is 1. The van der Waals surface area contributed by atoms with Crippen molar-refractivity contribution in [2.24, 2.45) is 16.6 Å². The predicted octanol–water partition coefficient (Wildman–Crippen LogP) is 1.63. The summed E-state index contributed by atoms with van der Waals surface area (Å²) in [6.45, 7) is 6.09. The van der Waals surface area contributed by atoms with Crippen LogP contribution in [-0.2, 0) is 0 Å². The molecule has 1 unspecified atom stereocenters. The Bertz CT molecular complexity index is 267. The van der Waals surface area contributed by atoms with E-state index < -0.39 is 0 Å². The molecule has 1 rings (SSSR count). The highest BCUT2D eigenvalue weighted by molar-refractivity contribution is 14.0. The van der Waals surface area contributed by atoms with Crippen molar-refractivity contribution in [2.75, 3.05) is 24.6 Å². The smallest absolute Gasteiger partial charge is 0.192 e. The molecule has 0 radical (unpaired) electrons. The first kappa shape index (κ1) is 15.9. The predicted molar refractivity (Wildman–Crippen MR) is 83.4 cm³/mol. The molecular weight excluding hydrogens is 333 g/mol. The molecule has 92 valence electrons. The Hall–Kier alpha value is -0.0900. The highest BCUT2D eigenvalue weighted by atomic mass is 127. The van der Waals surface area contributed by atoms with Crippen molar-refractivity contribution in [3.63, 3.8) is 0 Å². The van der Waals surface area contributed by atoms with Crippen molar-refractivity contribution >= 4 is 41.7 Å². The molecule has 3 nitrogen and oxygen atoms in total. The highest BCUT2D eigenvalue weighted by Gasteiger charge is 2.15. The van der Waals surface area contributed by atoms with E-state index in [0.717, 1.165) is 24.6 Å². The number of guanidine groups is 1. The molecule has 1 atom stereocenters. The molecule has 0 amide bonds. The van der Waals surface area contributed by atoms with Gasteiger partial charge in [0.2, 0.25) is 0 Å². The Labute approximate surface area is 120 Å². The van der Waals surface area contributed by atoms with Gasteiger partial charge in [0.25, 0.3) is 0 Å². The summed E-state index contributed by atoms with van der Waals surface area (Å²) in [7, 11) is 0. The monoisotopic (exact) mass is 353 g/mol. The van der Waals surface area contributed by atoms with Crippen LogP contribution in [0.5, 0.6) is 0 Å². The van der Waals surface area contributed by atoms with E-state index in [1.807, 2.05) is 11.8 Å². The van der Waals surface area contributed by atoms with Crippen LogP contribution in [0.4, 0.5) is 0 Å². The van der Waals surface area contributed by atoms with Gasteiger partial charge in [0.1, 0.15) is 6.04 Å². The molecule has 0 spiro atoms. The van der Waals surface area contributed by atoms with E-state index in [4.69, 9.17) is 12.2 Å². The lowest BCUT2D eigenvalue weighted by molar-refractivity contribution is 0.449. The number of terminal acetylenes is 1. The van der Waals surface area contributed by atoms with Crippen LogP contribution in [0.1, 0.15) is 13.8 Å². The number of rotatable bonds is 2. The molecule has 0 aromatic carbocycles. The van der Waals surface area contributed by atoms with Crippen LogP contribution in [0.25, 0.3) is 0 Å². The van der Waals surface area contributed by atoms with Crippen molar-refractivity contribution in [1.29, 1.82) is 0 Å². The molecule has 1 aliphatic heterocycles. The Balaban J connectivity index is 0.00000225. The van der Waals surface area contributed by atoms with Gasteiger partial charge in [-0.1, -0.05) is 19.8 Å². The number of aliphatic imine (C=N–C) groups is 1. The second-order valence-corrected chi connectivity index (χ2v) is 5.17. The van der Waals surface area contributed by atoms with Gasteiger partial charge in [-0.15, -0.1) is 30.4 Å². The normalized spacial score (nSPS) is 18.9. The van der Waals surface area contributed by atoms with Crippen molar-refractivity contribution in [3.05, 3.63) is 0 Å². The summed E-state index contributed by atoms with van der Waals surface area (Å²) in [5.41, 5.74) is 5.93. The molecule has 1 fully saturated rings. The van der Waals surface area contributed by atoms with Crippen LogP contribution in [0.15, 0.2) is 4.99 Å². The molecular formula is C11H20IN3S. The molecule has 1 heterocycles. The van der Waals surface area contributed by atoms with Gasteiger partial charge in [0.15, 0.2) is 5.96 Å². The summed E-state index contributed by atoms with van der Waals surface area (Å²) in [6.07, 6.45) is 5.42. The van der Waals surface area contributed by atoms with Gasteiger partial charge in [0.05, 0.1) is 0 Å². The van der Waals surface area contributed by atoms with E-state index in [9.17, 15) is 0 Å². The molecule has 0 aliphatic carbocycles. The standard InChI is InChI=1S/C11H19N3S.HI/c1-4-10(9(2)3)13-11(12)14-5-7-15-8-6-14;/h1,9-10H,5-8H2,2-3H3,(H2,12,13);1H. The van der Waals surface area contributed by atoms with Crippen molar-refractivity contribution in [3.8, 4) is 12.3 Å². The third-order valence-corrected chi connectivity index (χ3v) is 3.35. The molecule has 0 bridgehead atoms. The third kappa shape index (κ3) is 4.83. The van der Waals surface area contributed by atoms with Gasteiger partial charge in [-0.3, -0.25) is 0 Å². The van der Waals surface area contributed by atoms with Crippen LogP contribution in [0, 0.1) is 18.3 Å². The molecule has 0 aromatic heterocycles. The number of hydrogen-bond acceptors (Lipinski definition) is 2. The molecule has 0 aromatic rings. The molecule has 1 saturated heterocycles. The van der Waals surface area contributed by atoms with Gasteiger partial charge in [-0.05, 0) is 5.92 Å². The molecule has 1 aliphatic rings. The van der Waals surface area contributed by atoms with E-state index in [-0.39, 0.29) is 30.0 Å². The Morgan fingerprint density at radius 2 is 2.00 bits per heavy atom. The van der Waals surface area contributed by atoms with E-state index >= 15 is 0 Å². The zero-order valence-electron chi connectivity index (χ0n) is 9.85. The van der Waals surface area contributed by atoms with Gasteiger partial charge < -0.3 is 10.6 Å². The maximum absolute atomic E-state index is 5.93. The fraction of sp³-hybridized carbons (Fsp3) is 0.727. The number of thioether (sulfide) groups is 1. The second-order valence-electron chi connectivity index (χ2n) is 3.94. The summed E-state index contributed by atoms with van der Waals surface area (Å²) in [5, 5.41) is 0. The van der Waals surface area contributed by atoms with Gasteiger partial charge >= 0.3 is 0 Å². The number of nitrogens with zero attached hydrogens (tertiary/aromatic N) is 2. The minimum atomic E-state index is -0.0976. The van der Waals surface area contributed by atoms with Crippen LogP contribution in [0.2, 0.25) is 0 Å². The fourth-order valence-corrected chi connectivity index (χ4v) is 2.30. The van der Waals surface area contributed by atoms with Crippen molar-refractivity contribution < 1.29 is 0 Å². The maximum atomic E-state index is 5.93. The first-order valence-electron chi connectivity index (χ1n) is 5.27. The van der Waals surface area contributed by atoms with Gasteiger partial charge in [-0.2, -0.15) is 11.8 Å².